The highest BCUT2D eigenvalue weighted by atomic mass is 31.0. The lowest BCUT2D eigenvalue weighted by Gasteiger charge is -2.49. The first-order valence-electron chi connectivity index (χ1n) is 7.28. The first kappa shape index (κ1) is 16.4. The van der Waals surface area contributed by atoms with Crippen LogP contribution < -0.4 is 0 Å². The second kappa shape index (κ2) is 6.20. The van der Waals surface area contributed by atoms with Gasteiger partial charge < -0.3 is 4.74 Å². The maximum atomic E-state index is 5.47. The molecule has 3 heteroatoms. The fourth-order valence-corrected chi connectivity index (χ4v) is 3.61. The van der Waals surface area contributed by atoms with Crippen molar-refractivity contribution < 1.29 is 4.74 Å². The monoisotopic (exact) mass is 273 g/mol. The molecule has 0 N–H and O–H groups in total. The SMILES string of the molecule is CC(C)C(C)(CC(C)(C)N1CCOCC1)C(C)P. The first-order chi connectivity index (χ1) is 8.20. The quantitative estimate of drug-likeness (QED) is 0.712. The molecule has 0 aromatic carbocycles. The van der Waals surface area contributed by atoms with Crippen LogP contribution in [0.1, 0.15) is 48.0 Å². The van der Waals surface area contributed by atoms with Gasteiger partial charge in [-0.15, -0.1) is 9.24 Å². The van der Waals surface area contributed by atoms with Gasteiger partial charge in [0.1, 0.15) is 0 Å². The van der Waals surface area contributed by atoms with Crippen molar-refractivity contribution in [1.82, 2.24) is 4.90 Å². The van der Waals surface area contributed by atoms with Gasteiger partial charge >= 0.3 is 0 Å². The van der Waals surface area contributed by atoms with Crippen molar-refractivity contribution in [2.24, 2.45) is 11.3 Å². The fraction of sp³-hybridized carbons (Fsp3) is 1.00. The van der Waals surface area contributed by atoms with E-state index in [0.717, 1.165) is 26.3 Å². The number of nitrogens with zero attached hydrogens (tertiary/aromatic N) is 1. The summed E-state index contributed by atoms with van der Waals surface area (Å²) >= 11 is 0. The summed E-state index contributed by atoms with van der Waals surface area (Å²) in [5, 5.41) is 0. The lowest BCUT2D eigenvalue weighted by Crippen LogP contribution is -2.53. The van der Waals surface area contributed by atoms with Crippen molar-refractivity contribution in [1.29, 1.82) is 0 Å². The van der Waals surface area contributed by atoms with Crippen molar-refractivity contribution in [3.05, 3.63) is 0 Å². The van der Waals surface area contributed by atoms with Crippen molar-refractivity contribution in [2.45, 2.75) is 59.2 Å². The van der Waals surface area contributed by atoms with E-state index in [1.165, 1.54) is 6.42 Å². The van der Waals surface area contributed by atoms with Crippen molar-refractivity contribution in [3.63, 3.8) is 0 Å². The Hall–Kier alpha value is 0.350. The third-order valence-corrected chi connectivity index (χ3v) is 5.80. The summed E-state index contributed by atoms with van der Waals surface area (Å²) in [7, 11) is 3.02. The summed E-state index contributed by atoms with van der Waals surface area (Å²) in [6.45, 7) is 18.2. The van der Waals surface area contributed by atoms with Gasteiger partial charge in [-0.3, -0.25) is 4.90 Å². The maximum Gasteiger partial charge on any atom is 0.0594 e. The minimum atomic E-state index is 0.258. The second-order valence-corrected chi connectivity index (χ2v) is 8.04. The van der Waals surface area contributed by atoms with Crippen LogP contribution in [0, 0.1) is 11.3 Å². The van der Waals surface area contributed by atoms with Gasteiger partial charge in [0.05, 0.1) is 13.2 Å². The molecule has 0 aromatic rings. The Morgan fingerprint density at radius 2 is 1.61 bits per heavy atom. The highest BCUT2D eigenvalue weighted by Crippen LogP contribution is 2.43. The third kappa shape index (κ3) is 3.68. The highest BCUT2D eigenvalue weighted by Gasteiger charge is 2.40. The summed E-state index contributed by atoms with van der Waals surface area (Å²) in [6, 6.07) is 0. The molecule has 108 valence electrons. The van der Waals surface area contributed by atoms with Crippen LogP contribution in [0.15, 0.2) is 0 Å². The summed E-state index contributed by atoms with van der Waals surface area (Å²) in [5.41, 5.74) is 1.26. The molecular weight excluding hydrogens is 241 g/mol. The van der Waals surface area contributed by atoms with Gasteiger partial charge in [0, 0.05) is 18.6 Å². The van der Waals surface area contributed by atoms with Crippen LogP contribution >= 0.6 is 9.24 Å². The summed E-state index contributed by atoms with van der Waals surface area (Å²) in [6.07, 6.45) is 1.24. The van der Waals surface area contributed by atoms with Gasteiger partial charge in [0.2, 0.25) is 0 Å². The van der Waals surface area contributed by atoms with Crippen LogP contribution in [0.25, 0.3) is 0 Å². The van der Waals surface area contributed by atoms with E-state index in [0.29, 0.717) is 17.0 Å². The van der Waals surface area contributed by atoms with Gasteiger partial charge in [-0.05, 0) is 37.3 Å². The smallest absolute Gasteiger partial charge is 0.0594 e. The zero-order valence-corrected chi connectivity index (χ0v) is 14.3. The molecule has 1 fully saturated rings. The summed E-state index contributed by atoms with van der Waals surface area (Å²) in [4.78, 5) is 2.60. The normalized spacial score (nSPS) is 24.0. The lowest BCUT2D eigenvalue weighted by atomic mass is 9.68. The molecule has 0 spiro atoms. The van der Waals surface area contributed by atoms with Crippen LogP contribution in [0.4, 0.5) is 0 Å². The molecule has 0 saturated carbocycles. The second-order valence-electron chi connectivity index (χ2n) is 7.04. The van der Waals surface area contributed by atoms with Crippen LogP contribution in [-0.4, -0.2) is 42.4 Å². The van der Waals surface area contributed by atoms with Crippen molar-refractivity contribution in [2.75, 3.05) is 26.3 Å². The standard InChI is InChI=1S/C15H32NOP/c1-12(2)15(6,13(3)18)11-14(4,5)16-7-9-17-10-8-16/h12-13H,7-11,18H2,1-6H3. The highest BCUT2D eigenvalue weighted by molar-refractivity contribution is 7.17. The maximum absolute atomic E-state index is 5.47. The number of morpholine rings is 1. The van der Waals surface area contributed by atoms with Crippen LogP contribution in [0.2, 0.25) is 0 Å². The lowest BCUT2D eigenvalue weighted by molar-refractivity contribution is -0.0315. The van der Waals surface area contributed by atoms with E-state index in [4.69, 9.17) is 4.74 Å². The molecule has 1 heterocycles. The van der Waals surface area contributed by atoms with E-state index in [1.54, 1.807) is 0 Å². The zero-order chi connectivity index (χ0) is 14.0. The molecule has 18 heavy (non-hydrogen) atoms. The number of hydrogen-bond donors (Lipinski definition) is 0. The van der Waals surface area contributed by atoms with E-state index in [-0.39, 0.29) is 5.54 Å². The molecule has 1 aliphatic heterocycles. The molecule has 0 amide bonds. The van der Waals surface area contributed by atoms with Gasteiger partial charge in [0.15, 0.2) is 0 Å². The Bertz CT molecular complexity index is 249. The van der Waals surface area contributed by atoms with Crippen LogP contribution in [0.5, 0.6) is 0 Å². The predicted octanol–water partition coefficient (Wildman–Crippen LogP) is 3.41. The van der Waals surface area contributed by atoms with Crippen molar-refractivity contribution in [3.8, 4) is 0 Å². The minimum Gasteiger partial charge on any atom is -0.379 e. The molecule has 0 bridgehead atoms. The summed E-state index contributed by atoms with van der Waals surface area (Å²) in [5.74, 6) is 0.699. The Balaban J connectivity index is 2.78. The average molecular weight is 273 g/mol. The molecule has 1 saturated heterocycles. The first-order valence-corrected chi connectivity index (χ1v) is 7.95. The molecule has 3 atom stereocenters. The van der Waals surface area contributed by atoms with E-state index in [1.807, 2.05) is 0 Å². The number of rotatable bonds is 5. The molecule has 0 radical (unpaired) electrons. The largest absolute Gasteiger partial charge is 0.379 e. The van der Waals surface area contributed by atoms with E-state index in [2.05, 4.69) is 55.7 Å². The molecule has 3 unspecified atom stereocenters. The fourth-order valence-electron chi connectivity index (χ4n) is 3.10. The topological polar surface area (TPSA) is 12.5 Å². The summed E-state index contributed by atoms with van der Waals surface area (Å²) < 4.78 is 5.47. The molecular formula is C15H32NOP. The third-order valence-electron chi connectivity index (χ3n) is 5.04. The van der Waals surface area contributed by atoms with E-state index < -0.39 is 0 Å². The Labute approximate surface area is 116 Å². The van der Waals surface area contributed by atoms with Crippen LogP contribution in [-0.2, 0) is 4.74 Å². The number of hydrogen-bond acceptors (Lipinski definition) is 2. The molecule has 0 aliphatic carbocycles. The van der Waals surface area contributed by atoms with Gasteiger partial charge in [-0.2, -0.15) is 0 Å². The van der Waals surface area contributed by atoms with Gasteiger partial charge in [0.25, 0.3) is 0 Å². The Kier molecular flexibility index (Phi) is 5.65. The van der Waals surface area contributed by atoms with Crippen molar-refractivity contribution >= 4 is 9.24 Å². The van der Waals surface area contributed by atoms with E-state index in [9.17, 15) is 0 Å². The number of ether oxygens (including phenoxy) is 1. The van der Waals surface area contributed by atoms with Gasteiger partial charge in [-0.25, -0.2) is 0 Å². The predicted molar refractivity (Wildman–Crippen MR) is 83.2 cm³/mol. The Morgan fingerprint density at radius 1 is 1.11 bits per heavy atom. The molecule has 1 rings (SSSR count). The minimum absolute atomic E-state index is 0.258. The molecule has 0 aromatic heterocycles. The average Bonchev–Trinajstić information content (AvgIpc) is 2.29. The molecule has 2 nitrogen and oxygen atoms in total. The van der Waals surface area contributed by atoms with Gasteiger partial charge in [-0.1, -0.05) is 27.7 Å². The molecule has 1 aliphatic rings. The van der Waals surface area contributed by atoms with Crippen LogP contribution in [0.3, 0.4) is 0 Å². The zero-order valence-electron chi connectivity index (χ0n) is 13.1. The van der Waals surface area contributed by atoms with E-state index >= 15 is 0 Å². The Morgan fingerprint density at radius 3 is 2.00 bits per heavy atom.